The van der Waals surface area contributed by atoms with Crippen molar-refractivity contribution in [2.75, 3.05) is 7.11 Å². The second-order valence-electron chi connectivity index (χ2n) is 7.75. The summed E-state index contributed by atoms with van der Waals surface area (Å²) in [5, 5.41) is 8.48. The molecule has 0 bridgehead atoms. The molecule has 0 N–H and O–H groups in total. The van der Waals surface area contributed by atoms with E-state index in [4.69, 9.17) is 37.8 Å². The van der Waals surface area contributed by atoms with Gasteiger partial charge in [-0.3, -0.25) is 0 Å². The smallest absolute Gasteiger partial charge is 0.198 e. The van der Waals surface area contributed by atoms with Gasteiger partial charge in [0.15, 0.2) is 5.72 Å². The predicted molar refractivity (Wildman–Crippen MR) is 112 cm³/mol. The lowest BCUT2D eigenvalue weighted by molar-refractivity contribution is -0.140. The van der Waals surface area contributed by atoms with Crippen molar-refractivity contribution in [3.63, 3.8) is 0 Å². The molecule has 1 aliphatic carbocycles. The van der Waals surface area contributed by atoms with Crippen molar-refractivity contribution < 1.29 is 9.47 Å². The Labute approximate surface area is 175 Å². The molecule has 0 radical (unpaired) electrons. The van der Waals surface area contributed by atoms with Gasteiger partial charge in [-0.1, -0.05) is 29.6 Å². The highest BCUT2D eigenvalue weighted by molar-refractivity contribution is 6.35. The van der Waals surface area contributed by atoms with Crippen molar-refractivity contribution in [3.05, 3.63) is 57.6 Å². The number of hydrazone groups is 1. The van der Waals surface area contributed by atoms with Crippen LogP contribution in [0.15, 0.2) is 41.5 Å². The molecule has 1 spiro atoms. The van der Waals surface area contributed by atoms with Crippen LogP contribution in [0.3, 0.4) is 0 Å². The fraction of sp³-hybridized carbons (Fsp3) is 0.409. The van der Waals surface area contributed by atoms with E-state index >= 15 is 0 Å². The van der Waals surface area contributed by atoms with Crippen molar-refractivity contribution in [1.29, 1.82) is 0 Å². The molecule has 5 rings (SSSR count). The second kappa shape index (κ2) is 6.85. The fourth-order valence-electron chi connectivity index (χ4n) is 4.69. The first-order valence-corrected chi connectivity index (χ1v) is 10.5. The van der Waals surface area contributed by atoms with E-state index in [0.29, 0.717) is 10.0 Å². The minimum atomic E-state index is -0.415. The molecule has 6 heteroatoms. The number of halogens is 2. The van der Waals surface area contributed by atoms with Gasteiger partial charge in [-0.25, -0.2) is 5.01 Å². The Kier molecular flexibility index (Phi) is 4.44. The molecule has 1 saturated carbocycles. The minimum absolute atomic E-state index is 0.0927. The van der Waals surface area contributed by atoms with Gasteiger partial charge in [0.25, 0.3) is 0 Å². The maximum Gasteiger partial charge on any atom is 0.198 e. The highest BCUT2D eigenvalue weighted by atomic mass is 35.5. The SMILES string of the molecule is COc1ccc(C2=NN3C(C2)c2cc(Cl)cc(Cl)c2OC32CCCCC2)cc1. The largest absolute Gasteiger partial charge is 0.497 e. The summed E-state index contributed by atoms with van der Waals surface area (Å²) in [5.41, 5.74) is 2.78. The van der Waals surface area contributed by atoms with E-state index in [1.165, 1.54) is 6.42 Å². The average Bonchev–Trinajstić information content (AvgIpc) is 3.17. The van der Waals surface area contributed by atoms with Crippen LogP contribution in [-0.4, -0.2) is 23.6 Å². The summed E-state index contributed by atoms with van der Waals surface area (Å²) >= 11 is 12.9. The number of fused-ring (bicyclic) bond motifs is 4. The van der Waals surface area contributed by atoms with Gasteiger partial charge < -0.3 is 9.47 Å². The third-order valence-electron chi connectivity index (χ3n) is 6.07. The third-order valence-corrected chi connectivity index (χ3v) is 6.57. The molecule has 0 amide bonds. The molecule has 1 fully saturated rings. The Morgan fingerprint density at radius 1 is 1.11 bits per heavy atom. The first-order chi connectivity index (χ1) is 13.6. The van der Waals surface area contributed by atoms with Crippen LogP contribution in [0.4, 0.5) is 0 Å². The summed E-state index contributed by atoms with van der Waals surface area (Å²) in [5.74, 6) is 1.62. The topological polar surface area (TPSA) is 34.1 Å². The van der Waals surface area contributed by atoms with Crippen molar-refractivity contribution in [2.45, 2.75) is 50.3 Å². The third kappa shape index (κ3) is 2.85. The zero-order valence-corrected chi connectivity index (χ0v) is 17.3. The van der Waals surface area contributed by atoms with Crippen LogP contribution in [-0.2, 0) is 0 Å². The number of hydrogen-bond acceptors (Lipinski definition) is 4. The van der Waals surface area contributed by atoms with Crippen LogP contribution in [0, 0.1) is 0 Å². The van der Waals surface area contributed by atoms with E-state index < -0.39 is 5.72 Å². The molecule has 4 nitrogen and oxygen atoms in total. The van der Waals surface area contributed by atoms with Crippen molar-refractivity contribution in [3.8, 4) is 11.5 Å². The van der Waals surface area contributed by atoms with E-state index in [-0.39, 0.29) is 6.04 Å². The van der Waals surface area contributed by atoms with Crippen LogP contribution in [0.5, 0.6) is 11.5 Å². The summed E-state index contributed by atoms with van der Waals surface area (Å²) in [6.45, 7) is 0. The van der Waals surface area contributed by atoms with E-state index in [2.05, 4.69) is 17.1 Å². The van der Waals surface area contributed by atoms with Crippen molar-refractivity contribution in [1.82, 2.24) is 5.01 Å². The number of hydrogen-bond donors (Lipinski definition) is 0. The van der Waals surface area contributed by atoms with Crippen LogP contribution in [0.2, 0.25) is 10.0 Å². The monoisotopic (exact) mass is 416 g/mol. The number of nitrogens with zero attached hydrogens (tertiary/aromatic N) is 2. The fourth-order valence-corrected chi connectivity index (χ4v) is 5.24. The van der Waals surface area contributed by atoms with Crippen molar-refractivity contribution >= 4 is 28.9 Å². The van der Waals surface area contributed by atoms with E-state index in [1.54, 1.807) is 13.2 Å². The number of ether oxygens (including phenoxy) is 2. The van der Waals surface area contributed by atoms with E-state index in [1.807, 2.05) is 18.2 Å². The zero-order chi connectivity index (χ0) is 19.3. The maximum absolute atomic E-state index is 6.59. The molecule has 1 unspecified atom stereocenters. The normalized spacial score (nSPS) is 22.3. The summed E-state index contributed by atoms with van der Waals surface area (Å²) < 4.78 is 11.9. The molecule has 2 aromatic carbocycles. The molecular formula is C22H22Cl2N2O2. The molecule has 2 aromatic rings. The van der Waals surface area contributed by atoms with Gasteiger partial charge in [-0.15, -0.1) is 0 Å². The van der Waals surface area contributed by atoms with Crippen LogP contribution in [0.1, 0.15) is 55.7 Å². The molecule has 146 valence electrons. The Morgan fingerprint density at radius 3 is 2.57 bits per heavy atom. The van der Waals surface area contributed by atoms with Gasteiger partial charge in [-0.2, -0.15) is 5.10 Å². The predicted octanol–water partition coefficient (Wildman–Crippen LogP) is 6.21. The van der Waals surface area contributed by atoms with E-state index in [0.717, 1.165) is 60.4 Å². The van der Waals surface area contributed by atoms with Gasteiger partial charge in [0.05, 0.1) is 23.9 Å². The Morgan fingerprint density at radius 2 is 1.86 bits per heavy atom. The first-order valence-electron chi connectivity index (χ1n) is 9.79. The molecular weight excluding hydrogens is 395 g/mol. The number of benzene rings is 2. The van der Waals surface area contributed by atoms with Gasteiger partial charge in [0.2, 0.25) is 0 Å². The number of methoxy groups -OCH3 is 1. The lowest BCUT2D eigenvalue weighted by Gasteiger charge is -2.49. The lowest BCUT2D eigenvalue weighted by Crippen LogP contribution is -2.54. The Hall–Kier alpha value is -1.91. The molecule has 0 aromatic heterocycles. The maximum atomic E-state index is 6.59. The van der Waals surface area contributed by atoms with Crippen LogP contribution >= 0.6 is 23.2 Å². The highest BCUT2D eigenvalue weighted by Gasteiger charge is 2.51. The van der Waals surface area contributed by atoms with Crippen molar-refractivity contribution in [2.24, 2.45) is 5.10 Å². The standard InChI is InChI=1S/C22H22Cl2N2O2/c1-27-16-7-5-14(6-8-16)19-13-20-17-11-15(23)12-18(24)21(17)28-22(26(20)25-19)9-3-2-4-10-22/h5-8,11-12,20H,2-4,9-10,13H2,1H3. The van der Waals surface area contributed by atoms with E-state index in [9.17, 15) is 0 Å². The molecule has 28 heavy (non-hydrogen) atoms. The van der Waals surface area contributed by atoms with Crippen LogP contribution in [0.25, 0.3) is 0 Å². The summed E-state index contributed by atoms with van der Waals surface area (Å²) in [7, 11) is 1.68. The summed E-state index contributed by atoms with van der Waals surface area (Å²) in [6.07, 6.45) is 6.23. The number of rotatable bonds is 2. The molecule has 0 saturated heterocycles. The van der Waals surface area contributed by atoms with Gasteiger partial charge >= 0.3 is 0 Å². The first kappa shape index (κ1) is 18.1. The summed E-state index contributed by atoms with van der Waals surface area (Å²) in [4.78, 5) is 0. The lowest BCUT2D eigenvalue weighted by atomic mass is 9.86. The minimum Gasteiger partial charge on any atom is -0.497 e. The highest BCUT2D eigenvalue weighted by Crippen LogP contribution is 2.53. The summed E-state index contributed by atoms with van der Waals surface area (Å²) in [6, 6.07) is 11.9. The molecule has 2 heterocycles. The van der Waals surface area contributed by atoms with Gasteiger partial charge in [0, 0.05) is 29.8 Å². The Balaban J connectivity index is 1.59. The quantitative estimate of drug-likeness (QED) is 0.583. The second-order valence-corrected chi connectivity index (χ2v) is 8.60. The molecule has 3 aliphatic rings. The Bertz CT molecular complexity index is 936. The average molecular weight is 417 g/mol. The van der Waals surface area contributed by atoms with Gasteiger partial charge in [-0.05, 0) is 54.8 Å². The van der Waals surface area contributed by atoms with Gasteiger partial charge in [0.1, 0.15) is 11.5 Å². The van der Waals surface area contributed by atoms with Crippen LogP contribution < -0.4 is 9.47 Å². The molecule has 2 aliphatic heterocycles. The zero-order valence-electron chi connectivity index (χ0n) is 15.8. The molecule has 1 atom stereocenters.